The van der Waals surface area contributed by atoms with Gasteiger partial charge in [0.2, 0.25) is 0 Å². The molecule has 1 heterocycles. The molecule has 1 aliphatic heterocycles. The van der Waals surface area contributed by atoms with Crippen molar-refractivity contribution in [3.05, 3.63) is 24.3 Å². The fraction of sp³-hybridized carbons (Fsp3) is 0.625. The predicted molar refractivity (Wildman–Crippen MR) is 77.1 cm³/mol. The number of allylic oxidation sites excluding steroid dienone is 2. The zero-order valence-electron chi connectivity index (χ0n) is 12.3. The molecule has 4 nitrogen and oxygen atoms in total. The van der Waals surface area contributed by atoms with Crippen molar-refractivity contribution in [1.29, 1.82) is 0 Å². The van der Waals surface area contributed by atoms with Gasteiger partial charge in [-0.25, -0.2) is 0 Å². The molecule has 20 heavy (non-hydrogen) atoms. The Hall–Kier alpha value is -1.58. The van der Waals surface area contributed by atoms with Crippen LogP contribution in [-0.2, 0) is 19.1 Å². The van der Waals surface area contributed by atoms with Crippen LogP contribution in [0.5, 0.6) is 0 Å². The highest BCUT2D eigenvalue weighted by molar-refractivity contribution is 5.71. The van der Waals surface area contributed by atoms with Gasteiger partial charge in [-0.2, -0.15) is 0 Å². The van der Waals surface area contributed by atoms with Crippen LogP contribution in [0.15, 0.2) is 24.3 Å². The summed E-state index contributed by atoms with van der Waals surface area (Å²) < 4.78 is 10.6. The van der Waals surface area contributed by atoms with Crippen LogP contribution >= 0.6 is 0 Å². The normalized spacial score (nSPS) is 30.1. The number of esters is 2. The lowest BCUT2D eigenvalue weighted by molar-refractivity contribution is -0.148. The first kappa shape index (κ1) is 16.5. The summed E-state index contributed by atoms with van der Waals surface area (Å²) in [5.41, 5.74) is 0. The largest absolute Gasteiger partial charge is 0.462 e. The van der Waals surface area contributed by atoms with Gasteiger partial charge in [0.05, 0.1) is 25.0 Å². The maximum Gasteiger partial charge on any atom is 0.309 e. The lowest BCUT2D eigenvalue weighted by Crippen LogP contribution is -2.14. The van der Waals surface area contributed by atoms with Crippen molar-refractivity contribution < 1.29 is 19.1 Å². The van der Waals surface area contributed by atoms with Crippen LogP contribution in [-0.4, -0.2) is 24.1 Å². The van der Waals surface area contributed by atoms with E-state index in [2.05, 4.69) is 0 Å². The lowest BCUT2D eigenvalue weighted by atomic mass is 10.2. The van der Waals surface area contributed by atoms with Crippen LogP contribution in [0.1, 0.15) is 52.4 Å². The minimum Gasteiger partial charge on any atom is -0.462 e. The van der Waals surface area contributed by atoms with Crippen LogP contribution in [0, 0.1) is 0 Å². The monoisotopic (exact) mass is 280 g/mol. The second-order valence-corrected chi connectivity index (χ2v) is 5.11. The van der Waals surface area contributed by atoms with E-state index in [4.69, 9.17) is 9.47 Å². The van der Waals surface area contributed by atoms with Gasteiger partial charge < -0.3 is 9.47 Å². The molecule has 1 aliphatic rings. The number of ether oxygens (including phenoxy) is 2. The molecule has 4 heteroatoms. The molecular weight excluding hydrogens is 256 g/mol. The first-order valence-corrected chi connectivity index (χ1v) is 7.27. The second-order valence-electron chi connectivity index (χ2n) is 5.11. The molecule has 0 radical (unpaired) electrons. The summed E-state index contributed by atoms with van der Waals surface area (Å²) in [5, 5.41) is 0. The topological polar surface area (TPSA) is 52.6 Å². The Kier molecular flexibility index (Phi) is 7.70. The van der Waals surface area contributed by atoms with E-state index in [0.717, 1.165) is 25.7 Å². The Morgan fingerprint density at radius 2 is 1.20 bits per heavy atom. The number of hydrogen-bond acceptors (Lipinski definition) is 4. The zero-order valence-corrected chi connectivity index (χ0v) is 12.3. The third-order valence-electron chi connectivity index (χ3n) is 3.05. The highest BCUT2D eigenvalue weighted by Crippen LogP contribution is 2.08. The van der Waals surface area contributed by atoms with E-state index in [9.17, 15) is 9.59 Å². The average molecular weight is 280 g/mol. The van der Waals surface area contributed by atoms with Gasteiger partial charge in [-0.15, -0.1) is 0 Å². The molecule has 0 saturated heterocycles. The van der Waals surface area contributed by atoms with Gasteiger partial charge in [-0.3, -0.25) is 9.59 Å². The summed E-state index contributed by atoms with van der Waals surface area (Å²) in [6.07, 6.45) is 11.0. The first-order valence-electron chi connectivity index (χ1n) is 7.27. The highest BCUT2D eigenvalue weighted by atomic mass is 16.5. The predicted octanol–water partition coefficient (Wildman–Crippen LogP) is 3.32. The van der Waals surface area contributed by atoms with Crippen molar-refractivity contribution in [3.8, 4) is 0 Å². The third-order valence-corrected chi connectivity index (χ3v) is 3.05. The third kappa shape index (κ3) is 7.77. The van der Waals surface area contributed by atoms with Crippen molar-refractivity contribution in [1.82, 2.24) is 0 Å². The lowest BCUT2D eigenvalue weighted by Gasteiger charge is -2.12. The molecule has 0 saturated carbocycles. The summed E-state index contributed by atoms with van der Waals surface area (Å²) in [4.78, 5) is 23.1. The number of rotatable bonds is 0. The highest BCUT2D eigenvalue weighted by Gasteiger charge is 2.09. The molecule has 0 aromatic heterocycles. The van der Waals surface area contributed by atoms with Gasteiger partial charge in [0.1, 0.15) is 0 Å². The van der Waals surface area contributed by atoms with Gasteiger partial charge in [0, 0.05) is 0 Å². The van der Waals surface area contributed by atoms with Crippen LogP contribution < -0.4 is 0 Å². The second kappa shape index (κ2) is 9.34. The molecule has 0 fully saturated rings. The number of carbonyl (C=O) groups excluding carboxylic acids is 2. The molecule has 0 amide bonds. The number of cyclic esters (lactones) is 2. The maximum atomic E-state index is 11.5. The van der Waals surface area contributed by atoms with Crippen LogP contribution in [0.2, 0.25) is 0 Å². The molecule has 0 aromatic carbocycles. The summed E-state index contributed by atoms with van der Waals surface area (Å²) in [6.45, 7) is 3.77. The van der Waals surface area contributed by atoms with Gasteiger partial charge in [0.25, 0.3) is 0 Å². The summed E-state index contributed by atoms with van der Waals surface area (Å²) in [7, 11) is 0. The van der Waals surface area contributed by atoms with E-state index in [1.807, 2.05) is 38.2 Å². The van der Waals surface area contributed by atoms with Crippen molar-refractivity contribution in [2.45, 2.75) is 64.6 Å². The standard InChI is InChI=1S/C16H24O4/c1-13-9-5-3-7-12-16(18)20-14(2)10-6-4-8-11-15(17)19-13/h3-4,7-8,13-14H,5-6,9-12H2,1-2H3/b7-3+,8-4+/t13-,14-/m1/s1. The maximum absolute atomic E-state index is 11.5. The van der Waals surface area contributed by atoms with E-state index in [1.165, 1.54) is 0 Å². The van der Waals surface area contributed by atoms with Crippen molar-refractivity contribution in [2.75, 3.05) is 0 Å². The number of carbonyl (C=O) groups is 2. The van der Waals surface area contributed by atoms with Crippen LogP contribution in [0.3, 0.4) is 0 Å². The molecular formula is C16H24O4. The molecule has 2 atom stereocenters. The Labute approximate surface area is 120 Å². The summed E-state index contributed by atoms with van der Waals surface area (Å²) >= 11 is 0. The molecule has 1 rings (SSSR count). The van der Waals surface area contributed by atoms with Crippen molar-refractivity contribution in [3.63, 3.8) is 0 Å². The van der Waals surface area contributed by atoms with Gasteiger partial charge in [-0.1, -0.05) is 24.3 Å². The van der Waals surface area contributed by atoms with E-state index >= 15 is 0 Å². The smallest absolute Gasteiger partial charge is 0.309 e. The molecule has 0 unspecified atom stereocenters. The number of hydrogen-bond donors (Lipinski definition) is 0. The molecule has 0 aliphatic carbocycles. The summed E-state index contributed by atoms with van der Waals surface area (Å²) in [6, 6.07) is 0. The quantitative estimate of drug-likeness (QED) is 0.504. The molecule has 0 bridgehead atoms. The Morgan fingerprint density at radius 1 is 0.800 bits per heavy atom. The Balaban J connectivity index is 2.53. The zero-order chi connectivity index (χ0) is 14.8. The van der Waals surface area contributed by atoms with Crippen molar-refractivity contribution >= 4 is 11.9 Å². The van der Waals surface area contributed by atoms with E-state index in [1.54, 1.807) is 0 Å². The van der Waals surface area contributed by atoms with Crippen LogP contribution in [0.4, 0.5) is 0 Å². The van der Waals surface area contributed by atoms with Crippen LogP contribution in [0.25, 0.3) is 0 Å². The average Bonchev–Trinajstić information content (AvgIpc) is 2.36. The van der Waals surface area contributed by atoms with Crippen molar-refractivity contribution in [2.24, 2.45) is 0 Å². The van der Waals surface area contributed by atoms with Gasteiger partial charge in [0.15, 0.2) is 0 Å². The van der Waals surface area contributed by atoms with E-state index in [0.29, 0.717) is 12.8 Å². The minimum absolute atomic E-state index is 0.0968. The summed E-state index contributed by atoms with van der Waals surface area (Å²) in [5.74, 6) is -0.381. The fourth-order valence-corrected chi connectivity index (χ4v) is 1.92. The Morgan fingerprint density at radius 3 is 1.60 bits per heavy atom. The molecule has 0 aromatic rings. The van der Waals surface area contributed by atoms with Gasteiger partial charge >= 0.3 is 11.9 Å². The first-order chi connectivity index (χ1) is 9.58. The van der Waals surface area contributed by atoms with Gasteiger partial charge in [-0.05, 0) is 39.5 Å². The SMILES string of the molecule is C[C@@H]1CC/C=C/CC(=O)O[C@H](C)CC/C=C/CC(=O)O1. The molecule has 112 valence electrons. The molecule has 0 N–H and O–H groups in total. The minimum atomic E-state index is -0.190. The molecule has 0 spiro atoms. The fourth-order valence-electron chi connectivity index (χ4n) is 1.92. The van der Waals surface area contributed by atoms with E-state index in [-0.39, 0.29) is 24.1 Å². The van der Waals surface area contributed by atoms with E-state index < -0.39 is 0 Å². The Bertz CT molecular complexity index is 335.